The highest BCUT2D eigenvalue weighted by Crippen LogP contribution is 2.37. The second kappa shape index (κ2) is 9.16. The van der Waals surface area contributed by atoms with Crippen LogP contribution in [-0.2, 0) is 0 Å². The summed E-state index contributed by atoms with van der Waals surface area (Å²) < 4.78 is 11.9. The number of nitrogens with one attached hydrogen (secondary N) is 1. The van der Waals surface area contributed by atoms with Crippen LogP contribution in [0.2, 0.25) is 0 Å². The summed E-state index contributed by atoms with van der Waals surface area (Å²) in [5.74, 6) is 2.59. The van der Waals surface area contributed by atoms with Crippen LogP contribution >= 0.6 is 11.3 Å². The van der Waals surface area contributed by atoms with Gasteiger partial charge in [-0.1, -0.05) is 13.8 Å². The maximum absolute atomic E-state index is 6.29. The molecule has 10 heteroatoms. The molecule has 2 aromatic carbocycles. The molecule has 5 rings (SSSR count). The highest BCUT2D eigenvalue weighted by atomic mass is 32.1. The Bertz CT molecular complexity index is 1330. The Morgan fingerprint density at radius 2 is 1.94 bits per heavy atom. The minimum absolute atomic E-state index is 0.234. The van der Waals surface area contributed by atoms with Crippen molar-refractivity contribution in [2.24, 2.45) is 10.7 Å². The number of thiazole rings is 1. The lowest BCUT2D eigenvalue weighted by molar-refractivity contribution is 0.174. The van der Waals surface area contributed by atoms with E-state index in [1.54, 1.807) is 6.33 Å². The van der Waals surface area contributed by atoms with Gasteiger partial charge in [0.2, 0.25) is 6.79 Å². The van der Waals surface area contributed by atoms with E-state index in [0.717, 1.165) is 52.2 Å². The zero-order valence-corrected chi connectivity index (χ0v) is 19.4. The Morgan fingerprint density at radius 3 is 2.79 bits per heavy atom. The largest absolute Gasteiger partial charge is 0.454 e. The van der Waals surface area contributed by atoms with Crippen LogP contribution in [0.1, 0.15) is 18.9 Å². The maximum Gasteiger partial charge on any atom is 0.231 e. The van der Waals surface area contributed by atoms with Crippen LogP contribution in [0.5, 0.6) is 11.5 Å². The van der Waals surface area contributed by atoms with Crippen molar-refractivity contribution in [3.63, 3.8) is 0 Å². The number of fused-ring (bicyclic) bond motifs is 4. The first-order chi connectivity index (χ1) is 16.2. The van der Waals surface area contributed by atoms with Crippen LogP contribution < -0.4 is 20.5 Å². The van der Waals surface area contributed by atoms with Crippen molar-refractivity contribution >= 4 is 49.8 Å². The fraction of sp³-hybridized carbons (Fsp3) is 0.304. The summed E-state index contributed by atoms with van der Waals surface area (Å²) in [6, 6.07) is 9.61. The van der Waals surface area contributed by atoms with Crippen LogP contribution in [0.25, 0.3) is 21.1 Å². The molecule has 0 bridgehead atoms. The molecular weight excluding hydrogens is 438 g/mol. The second-order valence-electron chi connectivity index (χ2n) is 7.54. The number of rotatable bonds is 8. The van der Waals surface area contributed by atoms with Gasteiger partial charge in [-0.15, -0.1) is 11.3 Å². The number of ether oxygens (including phenoxy) is 2. The quantitative estimate of drug-likeness (QED) is 0.300. The van der Waals surface area contributed by atoms with Crippen LogP contribution in [0.3, 0.4) is 0 Å². The molecule has 3 N–H and O–H groups in total. The van der Waals surface area contributed by atoms with Crippen molar-refractivity contribution in [2.75, 3.05) is 38.3 Å². The first-order valence-corrected chi connectivity index (χ1v) is 11.7. The summed E-state index contributed by atoms with van der Waals surface area (Å²) in [5, 5.41) is 4.99. The van der Waals surface area contributed by atoms with E-state index in [9.17, 15) is 0 Å². The van der Waals surface area contributed by atoms with Gasteiger partial charge in [-0.2, -0.15) is 0 Å². The predicted molar refractivity (Wildman–Crippen MR) is 132 cm³/mol. The summed E-state index contributed by atoms with van der Waals surface area (Å²) in [7, 11) is 0. The minimum Gasteiger partial charge on any atom is -0.454 e. The molecule has 0 radical (unpaired) electrons. The van der Waals surface area contributed by atoms with E-state index in [1.807, 2.05) is 30.3 Å². The lowest BCUT2D eigenvalue weighted by atomic mass is 10.2. The van der Waals surface area contributed by atoms with Gasteiger partial charge >= 0.3 is 0 Å². The Morgan fingerprint density at radius 1 is 1.12 bits per heavy atom. The summed E-state index contributed by atoms with van der Waals surface area (Å²) in [6.07, 6.45) is 1.55. The smallest absolute Gasteiger partial charge is 0.231 e. The van der Waals surface area contributed by atoms with Gasteiger partial charge in [0.15, 0.2) is 22.3 Å². The van der Waals surface area contributed by atoms with Crippen molar-refractivity contribution in [2.45, 2.75) is 13.8 Å². The van der Waals surface area contributed by atoms with Gasteiger partial charge in [0, 0.05) is 18.3 Å². The monoisotopic (exact) mass is 463 g/mol. The molecule has 0 fully saturated rings. The van der Waals surface area contributed by atoms with Gasteiger partial charge in [0.1, 0.15) is 12.1 Å². The third kappa shape index (κ3) is 4.27. The van der Waals surface area contributed by atoms with Gasteiger partial charge < -0.3 is 25.4 Å². The summed E-state index contributed by atoms with van der Waals surface area (Å²) >= 11 is 1.50. The molecule has 0 saturated carbocycles. The van der Waals surface area contributed by atoms with E-state index < -0.39 is 0 Å². The maximum atomic E-state index is 6.29. The Hall–Kier alpha value is -3.50. The van der Waals surface area contributed by atoms with Gasteiger partial charge in [-0.05, 0) is 37.4 Å². The third-order valence-corrected chi connectivity index (χ3v) is 6.71. The summed E-state index contributed by atoms with van der Waals surface area (Å²) in [5.41, 5.74) is 8.81. The molecule has 0 saturated heterocycles. The average molecular weight is 464 g/mol. The molecule has 1 aliphatic rings. The Kier molecular flexibility index (Phi) is 5.93. The molecule has 0 spiro atoms. The van der Waals surface area contributed by atoms with E-state index in [2.05, 4.69) is 39.0 Å². The molecule has 9 nitrogen and oxygen atoms in total. The van der Waals surface area contributed by atoms with Gasteiger partial charge in [0.25, 0.3) is 0 Å². The fourth-order valence-corrected chi connectivity index (χ4v) is 4.79. The zero-order chi connectivity index (χ0) is 22.8. The average Bonchev–Trinajstić information content (AvgIpc) is 3.48. The van der Waals surface area contributed by atoms with Crippen molar-refractivity contribution in [1.82, 2.24) is 19.9 Å². The third-order valence-electron chi connectivity index (χ3n) is 5.60. The highest BCUT2D eigenvalue weighted by Gasteiger charge is 2.17. The van der Waals surface area contributed by atoms with Crippen LogP contribution in [-0.4, -0.2) is 58.7 Å². The van der Waals surface area contributed by atoms with Crippen LogP contribution in [0, 0.1) is 0 Å². The number of aromatic nitrogens is 3. The lowest BCUT2D eigenvalue weighted by Gasteiger charge is -2.16. The standard InChI is InChI=1S/C23H25N7O2S/c1-3-30(4-2)10-9-25-21(24)23-29-16-7-6-15-19(20(16)33-23)22(27-12-26-15)28-14-5-8-17-18(11-14)32-13-31-17/h5-8,11-12H,3-4,9-10,13H2,1-2H3,(H2,24,25)(H,26,27,28). The molecule has 0 atom stereocenters. The van der Waals surface area contributed by atoms with Gasteiger partial charge in [-0.25, -0.2) is 15.0 Å². The normalized spacial score (nSPS) is 13.4. The van der Waals surface area contributed by atoms with E-state index in [0.29, 0.717) is 29.0 Å². The number of nitrogens with zero attached hydrogens (tertiary/aromatic N) is 5. The number of hydrogen-bond acceptors (Lipinski definition) is 9. The molecule has 0 unspecified atom stereocenters. The van der Waals surface area contributed by atoms with Crippen LogP contribution in [0.15, 0.2) is 41.7 Å². The second-order valence-corrected chi connectivity index (χ2v) is 8.54. The van der Waals surface area contributed by atoms with Crippen LogP contribution in [0.4, 0.5) is 11.5 Å². The van der Waals surface area contributed by atoms with E-state index in [4.69, 9.17) is 20.2 Å². The first kappa shape index (κ1) is 21.4. The molecule has 3 heterocycles. The van der Waals surface area contributed by atoms with Gasteiger partial charge in [-0.3, -0.25) is 4.99 Å². The van der Waals surface area contributed by atoms with E-state index in [-0.39, 0.29) is 6.79 Å². The summed E-state index contributed by atoms with van der Waals surface area (Å²) in [4.78, 5) is 20.6. The SMILES string of the molecule is CCN(CC)CCN=C(N)c1nc2ccc3ncnc(Nc4ccc5c(c4)OCO5)c3c2s1. The molecular formula is C23H25N7O2S. The van der Waals surface area contributed by atoms with E-state index in [1.165, 1.54) is 11.3 Å². The number of nitrogens with two attached hydrogens (primary N) is 1. The number of hydrogen-bond donors (Lipinski definition) is 2. The van der Waals surface area contributed by atoms with Crippen molar-refractivity contribution in [3.05, 3.63) is 41.7 Å². The minimum atomic E-state index is 0.234. The molecule has 170 valence electrons. The first-order valence-electron chi connectivity index (χ1n) is 10.9. The Balaban J connectivity index is 1.48. The molecule has 2 aromatic heterocycles. The number of anilines is 2. The number of benzene rings is 2. The summed E-state index contributed by atoms with van der Waals surface area (Å²) in [6.45, 7) is 8.04. The molecule has 4 aromatic rings. The number of amidine groups is 1. The zero-order valence-electron chi connectivity index (χ0n) is 18.5. The van der Waals surface area contributed by atoms with E-state index >= 15 is 0 Å². The Labute approximate surface area is 195 Å². The molecule has 0 amide bonds. The van der Waals surface area contributed by atoms with Crippen molar-refractivity contribution in [3.8, 4) is 11.5 Å². The topological polar surface area (TPSA) is 111 Å². The van der Waals surface area contributed by atoms with Crippen molar-refractivity contribution in [1.29, 1.82) is 0 Å². The molecule has 0 aliphatic carbocycles. The molecule has 33 heavy (non-hydrogen) atoms. The predicted octanol–water partition coefficient (Wildman–Crippen LogP) is 3.76. The highest BCUT2D eigenvalue weighted by molar-refractivity contribution is 7.21. The van der Waals surface area contributed by atoms with Crippen molar-refractivity contribution < 1.29 is 9.47 Å². The number of likely N-dealkylation sites (N-methyl/N-ethyl adjacent to an activating group) is 1. The lowest BCUT2D eigenvalue weighted by Crippen LogP contribution is -2.26. The molecule has 1 aliphatic heterocycles. The number of aliphatic imine (C=N–C) groups is 1. The fourth-order valence-electron chi connectivity index (χ4n) is 3.77. The van der Waals surface area contributed by atoms with Gasteiger partial charge in [0.05, 0.1) is 27.7 Å².